The third-order valence-electron chi connectivity index (χ3n) is 0.602. The maximum Gasteiger partial charge on any atom is 0.0926 e. The highest BCUT2D eigenvalue weighted by molar-refractivity contribution is 4.58. The van der Waals surface area contributed by atoms with Gasteiger partial charge in [-0.3, -0.25) is 4.39 Å². The molecule has 0 aliphatic heterocycles. The van der Waals surface area contributed by atoms with E-state index in [1.54, 1.807) is 6.42 Å². The van der Waals surface area contributed by atoms with Crippen molar-refractivity contribution in [3.05, 3.63) is 6.42 Å². The molecule has 0 N–H and O–H groups in total. The third-order valence-corrected chi connectivity index (χ3v) is 0.602. The topological polar surface area (TPSA) is 0 Å². The van der Waals surface area contributed by atoms with Crippen molar-refractivity contribution in [2.45, 2.75) is 19.8 Å². The van der Waals surface area contributed by atoms with Crippen LogP contribution >= 0.6 is 0 Å². The Morgan fingerprint density at radius 2 is 2.33 bits per heavy atom. The molecule has 0 atom stereocenters. The summed E-state index contributed by atoms with van der Waals surface area (Å²) in [6, 6.07) is 0. The average molecular weight is 89.1 g/mol. The SMILES string of the molecule is CCC[CH]CF. The van der Waals surface area contributed by atoms with Crippen molar-refractivity contribution >= 4 is 0 Å². The van der Waals surface area contributed by atoms with E-state index in [1.807, 2.05) is 6.92 Å². The monoisotopic (exact) mass is 89.1 g/mol. The number of hydrogen-bond donors (Lipinski definition) is 0. The molecule has 0 unspecified atom stereocenters. The smallest absolute Gasteiger partial charge is 0.0926 e. The van der Waals surface area contributed by atoms with Gasteiger partial charge in [0, 0.05) is 0 Å². The molecule has 1 heteroatoms. The maximum atomic E-state index is 11.1. The molecule has 0 saturated heterocycles. The van der Waals surface area contributed by atoms with Crippen LogP contribution < -0.4 is 0 Å². The van der Waals surface area contributed by atoms with Crippen LogP contribution in [0.3, 0.4) is 0 Å². The Balaban J connectivity index is 2.34. The molecule has 0 bridgehead atoms. The van der Waals surface area contributed by atoms with E-state index >= 15 is 0 Å². The first-order valence-corrected chi connectivity index (χ1v) is 2.29. The fraction of sp³-hybridized carbons (Fsp3) is 0.800. The Hall–Kier alpha value is -0.0700. The lowest BCUT2D eigenvalue weighted by Gasteiger charge is -1.83. The van der Waals surface area contributed by atoms with Crippen LogP contribution in [0, 0.1) is 6.42 Å². The van der Waals surface area contributed by atoms with Gasteiger partial charge >= 0.3 is 0 Å². The predicted molar refractivity (Wildman–Crippen MR) is 25.2 cm³/mol. The summed E-state index contributed by atoms with van der Waals surface area (Å²) >= 11 is 0. The summed E-state index contributed by atoms with van der Waals surface area (Å²) < 4.78 is 11.1. The molecule has 0 spiro atoms. The minimum absolute atomic E-state index is 0.270. The number of hydrogen-bond acceptors (Lipinski definition) is 0. The second-order valence-electron chi connectivity index (χ2n) is 1.23. The van der Waals surface area contributed by atoms with Crippen molar-refractivity contribution in [3.63, 3.8) is 0 Å². The van der Waals surface area contributed by atoms with E-state index in [4.69, 9.17) is 0 Å². The fourth-order valence-electron chi connectivity index (χ4n) is 0.281. The molecular formula is C5H10F. The molecule has 1 radical (unpaired) electrons. The Bertz CT molecular complexity index is 15.9. The zero-order valence-electron chi connectivity index (χ0n) is 4.08. The molecular weight excluding hydrogens is 79.1 g/mol. The lowest BCUT2D eigenvalue weighted by atomic mass is 10.3. The van der Waals surface area contributed by atoms with Crippen LogP contribution in [0.5, 0.6) is 0 Å². The van der Waals surface area contributed by atoms with Gasteiger partial charge in [0.1, 0.15) is 0 Å². The fourth-order valence-corrected chi connectivity index (χ4v) is 0.281. The maximum absolute atomic E-state index is 11.1. The van der Waals surface area contributed by atoms with Gasteiger partial charge in [-0.15, -0.1) is 0 Å². The molecule has 0 saturated carbocycles. The zero-order chi connectivity index (χ0) is 4.83. The standard InChI is InChI=1S/C5H10F/c1-2-3-4-5-6/h4H,2-3,5H2,1H3. The van der Waals surface area contributed by atoms with Crippen molar-refractivity contribution in [1.29, 1.82) is 0 Å². The van der Waals surface area contributed by atoms with E-state index < -0.39 is 0 Å². The summed E-state index contributed by atoms with van der Waals surface area (Å²) in [4.78, 5) is 0. The summed E-state index contributed by atoms with van der Waals surface area (Å²) in [5.41, 5.74) is 0. The molecule has 0 aromatic carbocycles. The number of rotatable bonds is 3. The Labute approximate surface area is 38.4 Å². The second kappa shape index (κ2) is 4.93. The normalized spacial score (nSPS) is 9.00. The Kier molecular flexibility index (Phi) is 4.87. The highest BCUT2D eigenvalue weighted by Gasteiger charge is 1.78. The van der Waals surface area contributed by atoms with Crippen molar-refractivity contribution in [1.82, 2.24) is 0 Å². The lowest BCUT2D eigenvalue weighted by molar-refractivity contribution is 0.525. The second-order valence-corrected chi connectivity index (χ2v) is 1.23. The Morgan fingerprint density at radius 1 is 1.67 bits per heavy atom. The third kappa shape index (κ3) is 3.93. The van der Waals surface area contributed by atoms with Crippen LogP contribution in [-0.2, 0) is 0 Å². The first-order chi connectivity index (χ1) is 2.91. The van der Waals surface area contributed by atoms with E-state index in [9.17, 15) is 4.39 Å². The van der Waals surface area contributed by atoms with E-state index in [2.05, 4.69) is 0 Å². The van der Waals surface area contributed by atoms with Gasteiger partial charge in [0.2, 0.25) is 0 Å². The van der Waals surface area contributed by atoms with Crippen molar-refractivity contribution in [2.75, 3.05) is 6.67 Å². The minimum atomic E-state index is -0.270. The molecule has 0 aliphatic rings. The zero-order valence-corrected chi connectivity index (χ0v) is 4.08. The van der Waals surface area contributed by atoms with E-state index in [1.165, 1.54) is 0 Å². The van der Waals surface area contributed by atoms with Gasteiger partial charge in [-0.2, -0.15) is 0 Å². The highest BCUT2D eigenvalue weighted by Crippen LogP contribution is 1.90. The van der Waals surface area contributed by atoms with Crippen LogP contribution in [0.4, 0.5) is 4.39 Å². The molecule has 0 aliphatic carbocycles. The lowest BCUT2D eigenvalue weighted by Crippen LogP contribution is -1.73. The summed E-state index contributed by atoms with van der Waals surface area (Å²) in [6.07, 6.45) is 3.61. The van der Waals surface area contributed by atoms with E-state index in [0.29, 0.717) is 0 Å². The Morgan fingerprint density at radius 3 is 2.50 bits per heavy atom. The van der Waals surface area contributed by atoms with Crippen molar-refractivity contribution in [3.8, 4) is 0 Å². The van der Waals surface area contributed by atoms with Crippen molar-refractivity contribution < 1.29 is 4.39 Å². The summed E-state index contributed by atoms with van der Waals surface area (Å²) in [5, 5.41) is 0. The van der Waals surface area contributed by atoms with Gasteiger partial charge < -0.3 is 0 Å². The van der Waals surface area contributed by atoms with Crippen LogP contribution in [0.2, 0.25) is 0 Å². The average Bonchev–Trinajstić information content (AvgIpc) is 1.61. The molecule has 0 aromatic rings. The van der Waals surface area contributed by atoms with Gasteiger partial charge in [0.25, 0.3) is 0 Å². The molecule has 6 heavy (non-hydrogen) atoms. The van der Waals surface area contributed by atoms with Gasteiger partial charge in [-0.25, -0.2) is 0 Å². The molecule has 0 nitrogen and oxygen atoms in total. The summed E-state index contributed by atoms with van der Waals surface area (Å²) in [7, 11) is 0. The molecule has 0 rings (SSSR count). The number of unbranched alkanes of at least 4 members (excludes halogenated alkanes) is 2. The van der Waals surface area contributed by atoms with E-state index in [-0.39, 0.29) is 6.67 Å². The quantitative estimate of drug-likeness (QED) is 0.464. The van der Waals surface area contributed by atoms with Crippen LogP contribution in [0.25, 0.3) is 0 Å². The number of alkyl halides is 1. The molecule has 0 amide bonds. The van der Waals surface area contributed by atoms with Gasteiger partial charge in [-0.05, 0) is 12.8 Å². The first kappa shape index (κ1) is 5.93. The molecule has 0 fully saturated rings. The van der Waals surface area contributed by atoms with E-state index in [0.717, 1.165) is 12.8 Å². The molecule has 0 heterocycles. The van der Waals surface area contributed by atoms with Gasteiger partial charge in [-0.1, -0.05) is 13.3 Å². The largest absolute Gasteiger partial charge is 0.251 e. The van der Waals surface area contributed by atoms with Crippen LogP contribution in [-0.4, -0.2) is 6.67 Å². The highest BCUT2D eigenvalue weighted by atomic mass is 19.1. The summed E-state index contributed by atoms with van der Waals surface area (Å²) in [5.74, 6) is 0. The van der Waals surface area contributed by atoms with Crippen LogP contribution in [0.15, 0.2) is 0 Å². The van der Waals surface area contributed by atoms with Gasteiger partial charge in [0.15, 0.2) is 0 Å². The molecule has 37 valence electrons. The molecule has 0 aromatic heterocycles. The minimum Gasteiger partial charge on any atom is -0.251 e. The first-order valence-electron chi connectivity index (χ1n) is 2.29. The van der Waals surface area contributed by atoms with Crippen LogP contribution in [0.1, 0.15) is 19.8 Å². The predicted octanol–water partition coefficient (Wildman–Crippen LogP) is 1.96. The summed E-state index contributed by atoms with van der Waals surface area (Å²) in [6.45, 7) is 1.76. The van der Waals surface area contributed by atoms with Gasteiger partial charge in [0.05, 0.1) is 6.67 Å². The van der Waals surface area contributed by atoms with Crippen molar-refractivity contribution in [2.24, 2.45) is 0 Å². The number of halogens is 1.